The van der Waals surface area contributed by atoms with Crippen LogP contribution in [0.1, 0.15) is 34.1 Å². The van der Waals surface area contributed by atoms with Gasteiger partial charge in [0.05, 0.1) is 106 Å². The van der Waals surface area contributed by atoms with Gasteiger partial charge in [-0.25, -0.2) is 9.59 Å². The number of fused-ring (bicyclic) bond motifs is 6. The molecule has 346 valence electrons. The molecule has 0 saturated carbocycles. The first-order valence-electron chi connectivity index (χ1n) is 22.3. The van der Waals surface area contributed by atoms with Crippen LogP contribution in [0.15, 0.2) is 97.1 Å². The van der Waals surface area contributed by atoms with Gasteiger partial charge in [0.25, 0.3) is 0 Å². The summed E-state index contributed by atoms with van der Waals surface area (Å²) in [6, 6.07) is 33.1. The maximum Gasteiger partial charge on any atom is 0.409 e. The third-order valence-corrected chi connectivity index (χ3v) is 11.0. The molecule has 0 radical (unpaired) electrons. The van der Waals surface area contributed by atoms with Crippen LogP contribution < -0.4 is 0 Å². The fourth-order valence-corrected chi connectivity index (χ4v) is 7.64. The molecule has 2 aliphatic carbocycles. The van der Waals surface area contributed by atoms with Gasteiger partial charge in [0.1, 0.15) is 13.2 Å². The summed E-state index contributed by atoms with van der Waals surface area (Å²) in [5, 5.41) is 0. The number of amides is 2. The Labute approximate surface area is 377 Å². The molecule has 2 amide bonds. The highest BCUT2D eigenvalue weighted by atomic mass is 16.6. The van der Waals surface area contributed by atoms with E-state index in [1.165, 1.54) is 54.3 Å². The molecule has 14 nitrogen and oxygen atoms in total. The Morgan fingerprint density at radius 3 is 0.828 bits per heavy atom. The van der Waals surface area contributed by atoms with Crippen molar-refractivity contribution in [3.8, 4) is 22.3 Å². The smallest absolute Gasteiger partial charge is 0.409 e. The molecule has 0 bridgehead atoms. The summed E-state index contributed by atoms with van der Waals surface area (Å²) in [4.78, 5) is 28.4. The molecule has 0 spiro atoms. The molecule has 0 aromatic heterocycles. The van der Waals surface area contributed by atoms with Gasteiger partial charge in [-0.15, -0.1) is 0 Å². The van der Waals surface area contributed by atoms with Crippen molar-refractivity contribution in [2.45, 2.75) is 11.8 Å². The normalized spacial score (nSPS) is 12.7. The highest BCUT2D eigenvalue weighted by Crippen LogP contribution is 2.45. The van der Waals surface area contributed by atoms with E-state index in [0.29, 0.717) is 132 Å². The number of carbonyl (C=O) groups is 2. The quantitative estimate of drug-likeness (QED) is 0.0488. The monoisotopic (exact) mass is 884 g/mol. The van der Waals surface area contributed by atoms with Gasteiger partial charge in [0, 0.05) is 39.0 Å². The Kier molecular flexibility index (Phi) is 20.8. The third-order valence-electron chi connectivity index (χ3n) is 11.0. The van der Waals surface area contributed by atoms with Crippen molar-refractivity contribution in [1.82, 2.24) is 9.80 Å². The number of carbonyl (C=O) groups excluding carboxylic acids is 2. The van der Waals surface area contributed by atoms with E-state index in [2.05, 4.69) is 48.5 Å². The SMILES string of the molecule is CN(CCOCCOCCOCCOCCOCCOCCOCCOCCN(C)C(=O)OCC1c2ccccc2-c2ccccc21)C(=O)OCC1c2ccccc2-c2ccccc21. The first-order valence-corrected chi connectivity index (χ1v) is 22.3. The summed E-state index contributed by atoms with van der Waals surface area (Å²) in [7, 11) is 3.42. The van der Waals surface area contributed by atoms with Crippen LogP contribution in [0.4, 0.5) is 9.59 Å². The Morgan fingerprint density at radius 2 is 0.578 bits per heavy atom. The summed E-state index contributed by atoms with van der Waals surface area (Å²) >= 11 is 0. The minimum absolute atomic E-state index is 0.0325. The molecule has 6 rings (SSSR count). The summed E-state index contributed by atoms with van der Waals surface area (Å²) < 4.78 is 55.9. The fourth-order valence-electron chi connectivity index (χ4n) is 7.64. The van der Waals surface area contributed by atoms with Gasteiger partial charge in [-0.1, -0.05) is 97.1 Å². The Hall–Kier alpha value is -4.90. The van der Waals surface area contributed by atoms with Gasteiger partial charge in [0.2, 0.25) is 0 Å². The number of ether oxygens (including phenoxy) is 10. The lowest BCUT2D eigenvalue weighted by Crippen LogP contribution is -2.32. The van der Waals surface area contributed by atoms with Crippen molar-refractivity contribution >= 4 is 12.2 Å². The van der Waals surface area contributed by atoms with Crippen molar-refractivity contribution in [1.29, 1.82) is 0 Å². The molecule has 2 aliphatic rings. The molecule has 0 aliphatic heterocycles. The molecule has 0 fully saturated rings. The Balaban J connectivity index is 0.636. The molecule has 64 heavy (non-hydrogen) atoms. The summed E-state index contributed by atoms with van der Waals surface area (Å²) in [5.74, 6) is 0.0649. The average Bonchev–Trinajstić information content (AvgIpc) is 3.82. The Bertz CT molecular complexity index is 1770. The van der Waals surface area contributed by atoms with Crippen LogP contribution in [-0.2, 0) is 47.4 Å². The van der Waals surface area contributed by atoms with Crippen LogP contribution in [0.5, 0.6) is 0 Å². The van der Waals surface area contributed by atoms with Crippen LogP contribution in [-0.4, -0.2) is 168 Å². The fraction of sp³-hybridized carbons (Fsp3) is 0.480. The number of hydrogen-bond acceptors (Lipinski definition) is 12. The highest BCUT2D eigenvalue weighted by molar-refractivity contribution is 5.80. The molecule has 0 saturated heterocycles. The van der Waals surface area contributed by atoms with Crippen LogP contribution in [0.2, 0.25) is 0 Å². The van der Waals surface area contributed by atoms with E-state index in [1.807, 2.05) is 48.5 Å². The minimum atomic E-state index is -0.369. The lowest BCUT2D eigenvalue weighted by atomic mass is 9.98. The van der Waals surface area contributed by atoms with Crippen molar-refractivity contribution in [2.24, 2.45) is 0 Å². The van der Waals surface area contributed by atoms with E-state index in [1.54, 1.807) is 14.1 Å². The largest absolute Gasteiger partial charge is 0.448 e. The van der Waals surface area contributed by atoms with E-state index in [0.717, 1.165) is 0 Å². The highest BCUT2D eigenvalue weighted by Gasteiger charge is 2.30. The first-order chi connectivity index (χ1) is 31.5. The average molecular weight is 885 g/mol. The van der Waals surface area contributed by atoms with Crippen LogP contribution in [0, 0.1) is 0 Å². The zero-order chi connectivity index (χ0) is 44.6. The van der Waals surface area contributed by atoms with Gasteiger partial charge in [-0.2, -0.15) is 0 Å². The zero-order valence-electron chi connectivity index (χ0n) is 37.3. The molecule has 0 N–H and O–H groups in total. The van der Waals surface area contributed by atoms with Crippen molar-refractivity contribution in [3.63, 3.8) is 0 Å². The number of rotatable bonds is 31. The van der Waals surface area contributed by atoms with E-state index >= 15 is 0 Å². The van der Waals surface area contributed by atoms with E-state index in [4.69, 9.17) is 47.4 Å². The maximum atomic E-state index is 12.6. The minimum Gasteiger partial charge on any atom is -0.448 e. The Morgan fingerprint density at radius 1 is 0.359 bits per heavy atom. The third kappa shape index (κ3) is 14.8. The molecule has 0 atom stereocenters. The number of likely N-dealkylation sites (N-methyl/N-ethyl adjacent to an activating group) is 2. The van der Waals surface area contributed by atoms with Gasteiger partial charge >= 0.3 is 12.2 Å². The molecule has 4 aromatic rings. The lowest BCUT2D eigenvalue weighted by molar-refractivity contribution is -0.0236. The van der Waals surface area contributed by atoms with Crippen molar-refractivity contribution in [3.05, 3.63) is 119 Å². The molecule has 14 heteroatoms. The number of nitrogens with zero attached hydrogens (tertiary/aromatic N) is 2. The summed E-state index contributed by atoms with van der Waals surface area (Å²) in [5.41, 5.74) is 9.57. The van der Waals surface area contributed by atoms with Gasteiger partial charge in [-0.05, 0) is 44.5 Å². The molecule has 0 heterocycles. The van der Waals surface area contributed by atoms with Crippen LogP contribution >= 0.6 is 0 Å². The van der Waals surface area contributed by atoms with Crippen molar-refractivity contribution < 1.29 is 57.0 Å². The molecule has 4 aromatic carbocycles. The second-order valence-corrected chi connectivity index (χ2v) is 15.4. The molecular formula is C50H64N2O12. The molecule has 0 unspecified atom stereocenters. The number of hydrogen-bond donors (Lipinski definition) is 0. The molecular weight excluding hydrogens is 821 g/mol. The standard InChI is InChI=1S/C50H64N2O12/c1-51(49(53)63-37-47-43-15-7-3-11-39(43)40-12-4-8-16-44(40)47)19-21-55-23-25-57-27-29-59-31-33-61-35-36-62-34-32-60-30-28-58-26-24-56-22-20-52(2)50(54)64-38-48-45-17-9-5-13-41(45)42-14-6-10-18-46(42)48/h3-18,47-48H,19-38H2,1-2H3. The second kappa shape index (κ2) is 27.4. The predicted octanol–water partition coefficient (Wildman–Crippen LogP) is 6.88. The zero-order valence-corrected chi connectivity index (χ0v) is 37.3. The van der Waals surface area contributed by atoms with Crippen molar-refractivity contribution in [2.75, 3.05) is 146 Å². The maximum absolute atomic E-state index is 12.6. The number of benzene rings is 4. The van der Waals surface area contributed by atoms with E-state index in [9.17, 15) is 9.59 Å². The van der Waals surface area contributed by atoms with E-state index < -0.39 is 0 Å². The van der Waals surface area contributed by atoms with E-state index in [-0.39, 0.29) is 24.0 Å². The van der Waals surface area contributed by atoms with Gasteiger partial charge in [-0.3, -0.25) is 0 Å². The van der Waals surface area contributed by atoms with Gasteiger partial charge < -0.3 is 57.2 Å². The predicted molar refractivity (Wildman–Crippen MR) is 242 cm³/mol. The van der Waals surface area contributed by atoms with Crippen LogP contribution in [0.3, 0.4) is 0 Å². The second-order valence-electron chi connectivity index (χ2n) is 15.4. The lowest BCUT2D eigenvalue weighted by Gasteiger charge is -2.19. The topological polar surface area (TPSA) is 133 Å². The summed E-state index contributed by atoms with van der Waals surface area (Å²) in [6.45, 7) is 8.56. The summed E-state index contributed by atoms with van der Waals surface area (Å²) in [6.07, 6.45) is -0.737. The van der Waals surface area contributed by atoms with Gasteiger partial charge in [0.15, 0.2) is 0 Å². The van der Waals surface area contributed by atoms with Crippen LogP contribution in [0.25, 0.3) is 22.3 Å². The first kappa shape index (κ1) is 48.6.